The molecular weight excluding hydrogens is 254 g/mol. The molecular formula is C12H15NO4S. The maximum absolute atomic E-state index is 12.0. The second-order valence-corrected chi connectivity index (χ2v) is 6.24. The predicted molar refractivity (Wildman–Crippen MR) is 66.5 cm³/mol. The fraction of sp³-hybridized carbons (Fsp3) is 0.417. The first-order valence-electron chi connectivity index (χ1n) is 5.65. The Balaban J connectivity index is 2.16. The molecule has 0 aromatic heterocycles. The summed E-state index contributed by atoms with van der Waals surface area (Å²) >= 11 is 0. The molecule has 2 rings (SSSR count). The Morgan fingerprint density at radius 1 is 1.33 bits per heavy atom. The summed E-state index contributed by atoms with van der Waals surface area (Å²) in [5.41, 5.74) is 0.469. The number of ketones is 1. The summed E-state index contributed by atoms with van der Waals surface area (Å²) < 4.78 is 28.0. The number of Topliss-reactive ketones (excluding diaryl/α,β-unsaturated/α-hetero) is 1. The largest absolute Gasteiger partial charge is 0.367 e. The van der Waals surface area contributed by atoms with Gasteiger partial charge in [-0.1, -0.05) is 12.1 Å². The number of benzene rings is 1. The van der Waals surface area contributed by atoms with Crippen LogP contribution in [0.2, 0.25) is 0 Å². The monoisotopic (exact) mass is 269 g/mol. The number of ether oxygens (including phenoxy) is 1. The van der Waals surface area contributed by atoms with Gasteiger partial charge in [0.05, 0.1) is 11.5 Å². The molecule has 6 heteroatoms. The van der Waals surface area contributed by atoms with Crippen molar-refractivity contribution >= 4 is 15.6 Å². The highest BCUT2D eigenvalue weighted by atomic mass is 32.2. The standard InChI is InChI=1S/C12H15NO4S/c1-18(15,16)10-4-2-9(3-5-10)12(14)11-8-13-6-7-17-11/h2-5,11,13H,6-8H2,1H3. The van der Waals surface area contributed by atoms with Crippen LogP contribution in [0.1, 0.15) is 10.4 Å². The first-order valence-corrected chi connectivity index (χ1v) is 7.54. The Morgan fingerprint density at radius 2 is 2.00 bits per heavy atom. The Morgan fingerprint density at radius 3 is 2.50 bits per heavy atom. The van der Waals surface area contributed by atoms with E-state index in [0.29, 0.717) is 18.7 Å². The summed E-state index contributed by atoms with van der Waals surface area (Å²) in [6.07, 6.45) is 0.653. The quantitative estimate of drug-likeness (QED) is 0.797. The topological polar surface area (TPSA) is 72.5 Å². The zero-order valence-corrected chi connectivity index (χ0v) is 10.9. The molecule has 0 amide bonds. The van der Waals surface area contributed by atoms with E-state index in [0.717, 1.165) is 12.8 Å². The Labute approximate surface area is 106 Å². The third-order valence-electron chi connectivity index (χ3n) is 2.79. The van der Waals surface area contributed by atoms with Gasteiger partial charge in [-0.15, -0.1) is 0 Å². The molecule has 0 aliphatic carbocycles. The molecule has 1 unspecified atom stereocenters. The molecule has 1 aromatic rings. The van der Waals surface area contributed by atoms with Gasteiger partial charge in [0.25, 0.3) is 0 Å². The third kappa shape index (κ3) is 2.95. The van der Waals surface area contributed by atoms with Crippen LogP contribution in [0.25, 0.3) is 0 Å². The van der Waals surface area contributed by atoms with Crippen LogP contribution >= 0.6 is 0 Å². The molecule has 1 fully saturated rings. The lowest BCUT2D eigenvalue weighted by molar-refractivity contribution is 0.0269. The van der Waals surface area contributed by atoms with Gasteiger partial charge in [-0.3, -0.25) is 4.79 Å². The molecule has 5 nitrogen and oxygen atoms in total. The van der Waals surface area contributed by atoms with E-state index < -0.39 is 15.9 Å². The predicted octanol–water partition coefficient (Wildman–Crippen LogP) is 0.261. The van der Waals surface area contributed by atoms with Crippen molar-refractivity contribution in [1.82, 2.24) is 5.32 Å². The number of carbonyl (C=O) groups excluding carboxylic acids is 1. The molecule has 1 aliphatic rings. The lowest BCUT2D eigenvalue weighted by Crippen LogP contribution is -2.43. The van der Waals surface area contributed by atoms with Crippen molar-refractivity contribution in [1.29, 1.82) is 0 Å². The number of sulfone groups is 1. The van der Waals surface area contributed by atoms with E-state index in [2.05, 4.69) is 5.32 Å². The van der Waals surface area contributed by atoms with Gasteiger partial charge in [0.2, 0.25) is 0 Å². The summed E-state index contributed by atoms with van der Waals surface area (Å²) in [7, 11) is -3.23. The minimum atomic E-state index is -3.23. The SMILES string of the molecule is CS(=O)(=O)c1ccc(C(=O)C2CNCCO2)cc1. The van der Waals surface area contributed by atoms with E-state index in [-0.39, 0.29) is 10.7 Å². The summed E-state index contributed by atoms with van der Waals surface area (Å²) in [4.78, 5) is 12.3. The van der Waals surface area contributed by atoms with Gasteiger partial charge < -0.3 is 10.1 Å². The van der Waals surface area contributed by atoms with Crippen molar-refractivity contribution in [2.75, 3.05) is 26.0 Å². The number of rotatable bonds is 3. The second kappa shape index (κ2) is 5.17. The molecule has 1 atom stereocenters. The van der Waals surface area contributed by atoms with Gasteiger partial charge in [0.1, 0.15) is 6.10 Å². The minimum absolute atomic E-state index is 0.123. The van der Waals surface area contributed by atoms with Crippen LogP contribution in [0.3, 0.4) is 0 Å². The van der Waals surface area contributed by atoms with E-state index in [9.17, 15) is 13.2 Å². The average molecular weight is 269 g/mol. The Kier molecular flexibility index (Phi) is 3.79. The summed E-state index contributed by atoms with van der Waals surface area (Å²) in [5, 5.41) is 3.08. The fourth-order valence-corrected chi connectivity index (χ4v) is 2.42. The van der Waals surface area contributed by atoms with Gasteiger partial charge in [-0.2, -0.15) is 0 Å². The second-order valence-electron chi connectivity index (χ2n) is 4.22. The maximum atomic E-state index is 12.0. The van der Waals surface area contributed by atoms with E-state index in [1.807, 2.05) is 0 Å². The molecule has 1 N–H and O–H groups in total. The molecule has 0 saturated carbocycles. The molecule has 0 bridgehead atoms. The summed E-state index contributed by atoms with van der Waals surface area (Å²) in [5.74, 6) is -0.123. The molecule has 1 heterocycles. The van der Waals surface area contributed by atoms with Crippen LogP contribution < -0.4 is 5.32 Å². The number of carbonyl (C=O) groups is 1. The van der Waals surface area contributed by atoms with E-state index in [1.165, 1.54) is 24.3 Å². The van der Waals surface area contributed by atoms with Crippen LogP contribution in [0.4, 0.5) is 0 Å². The van der Waals surface area contributed by atoms with Crippen molar-refractivity contribution in [3.05, 3.63) is 29.8 Å². The van der Waals surface area contributed by atoms with Gasteiger partial charge in [-0.25, -0.2) is 8.42 Å². The van der Waals surface area contributed by atoms with Crippen molar-refractivity contribution in [3.63, 3.8) is 0 Å². The maximum Gasteiger partial charge on any atom is 0.192 e. The van der Waals surface area contributed by atoms with Crippen molar-refractivity contribution in [2.24, 2.45) is 0 Å². The smallest absolute Gasteiger partial charge is 0.192 e. The molecule has 1 aromatic carbocycles. The van der Waals surface area contributed by atoms with Crippen LogP contribution in [0.15, 0.2) is 29.2 Å². The van der Waals surface area contributed by atoms with E-state index >= 15 is 0 Å². The Hall–Kier alpha value is -1.24. The molecule has 18 heavy (non-hydrogen) atoms. The fourth-order valence-electron chi connectivity index (χ4n) is 1.79. The lowest BCUT2D eigenvalue weighted by atomic mass is 10.1. The molecule has 98 valence electrons. The average Bonchev–Trinajstić information content (AvgIpc) is 2.38. The van der Waals surface area contributed by atoms with Crippen molar-refractivity contribution in [3.8, 4) is 0 Å². The molecule has 0 spiro atoms. The Bertz CT molecular complexity index is 530. The van der Waals surface area contributed by atoms with Crippen molar-refractivity contribution < 1.29 is 17.9 Å². The number of morpholine rings is 1. The van der Waals surface area contributed by atoms with E-state index in [1.54, 1.807) is 0 Å². The van der Waals surface area contributed by atoms with Gasteiger partial charge in [0, 0.05) is 24.9 Å². The van der Waals surface area contributed by atoms with Crippen LogP contribution in [-0.2, 0) is 14.6 Å². The first-order chi connectivity index (χ1) is 8.48. The zero-order chi connectivity index (χ0) is 13.2. The van der Waals surface area contributed by atoms with Gasteiger partial charge in [-0.05, 0) is 12.1 Å². The molecule has 1 saturated heterocycles. The highest BCUT2D eigenvalue weighted by Gasteiger charge is 2.23. The lowest BCUT2D eigenvalue weighted by Gasteiger charge is -2.22. The van der Waals surface area contributed by atoms with Crippen LogP contribution in [-0.4, -0.2) is 46.3 Å². The normalized spacial score (nSPS) is 20.6. The highest BCUT2D eigenvalue weighted by molar-refractivity contribution is 7.90. The molecule has 0 radical (unpaired) electrons. The first kappa shape index (κ1) is 13.2. The van der Waals surface area contributed by atoms with Gasteiger partial charge >= 0.3 is 0 Å². The number of hydrogen-bond acceptors (Lipinski definition) is 5. The summed E-state index contributed by atoms with van der Waals surface area (Å²) in [6, 6.07) is 5.94. The third-order valence-corrected chi connectivity index (χ3v) is 3.92. The zero-order valence-electron chi connectivity index (χ0n) is 10.0. The number of hydrogen-bond donors (Lipinski definition) is 1. The minimum Gasteiger partial charge on any atom is -0.367 e. The molecule has 1 aliphatic heterocycles. The van der Waals surface area contributed by atoms with Crippen molar-refractivity contribution in [2.45, 2.75) is 11.0 Å². The van der Waals surface area contributed by atoms with Crippen LogP contribution in [0, 0.1) is 0 Å². The van der Waals surface area contributed by atoms with Gasteiger partial charge in [0.15, 0.2) is 15.6 Å². The summed E-state index contributed by atoms with van der Waals surface area (Å²) in [6.45, 7) is 1.75. The van der Waals surface area contributed by atoms with Crippen LogP contribution in [0.5, 0.6) is 0 Å². The number of nitrogens with one attached hydrogen (secondary N) is 1. The highest BCUT2D eigenvalue weighted by Crippen LogP contribution is 2.13. The van der Waals surface area contributed by atoms with E-state index in [4.69, 9.17) is 4.74 Å².